The molecule has 3 nitrogen and oxygen atoms in total. The van der Waals surface area contributed by atoms with Gasteiger partial charge in [-0.15, -0.1) is 0 Å². The second-order valence-electron chi connectivity index (χ2n) is 5.57. The first-order valence-corrected chi connectivity index (χ1v) is 7.86. The van der Waals surface area contributed by atoms with E-state index in [9.17, 15) is 0 Å². The van der Waals surface area contributed by atoms with Crippen molar-refractivity contribution < 1.29 is 4.74 Å². The monoisotopic (exact) mass is 302 g/mol. The maximum atomic E-state index is 6.06. The van der Waals surface area contributed by atoms with Gasteiger partial charge in [-0.2, -0.15) is 4.98 Å². The average molecular weight is 303 g/mol. The molecule has 1 aromatic carbocycles. The molecule has 0 amide bonds. The molecule has 1 aliphatic carbocycles. The number of ether oxygens (including phenoxy) is 1. The Labute approximate surface area is 130 Å². The molecule has 0 radical (unpaired) electrons. The molecule has 0 spiro atoms. The van der Waals surface area contributed by atoms with Crippen LogP contribution in [0.3, 0.4) is 0 Å². The summed E-state index contributed by atoms with van der Waals surface area (Å²) in [5, 5.41) is 0.271. The van der Waals surface area contributed by atoms with Gasteiger partial charge >= 0.3 is 0 Å². The topological polar surface area (TPSA) is 35.0 Å². The average Bonchev–Trinajstić information content (AvgIpc) is 2.48. The summed E-state index contributed by atoms with van der Waals surface area (Å²) >= 11 is 6.06. The van der Waals surface area contributed by atoms with Crippen molar-refractivity contribution in [2.24, 2.45) is 0 Å². The van der Waals surface area contributed by atoms with E-state index < -0.39 is 0 Å². The van der Waals surface area contributed by atoms with E-state index in [1.165, 1.54) is 12.0 Å². The number of aromatic nitrogens is 2. The lowest BCUT2D eigenvalue weighted by molar-refractivity contribution is 0.428. The molecule has 1 atom stereocenters. The lowest BCUT2D eigenvalue weighted by atomic mass is 9.84. The number of rotatable bonds is 3. The molecular weight excluding hydrogens is 284 g/mol. The van der Waals surface area contributed by atoms with Crippen LogP contribution < -0.4 is 4.74 Å². The molecule has 2 aromatic rings. The number of hydrogen-bond acceptors (Lipinski definition) is 3. The summed E-state index contributed by atoms with van der Waals surface area (Å²) < 4.78 is 6.01. The molecule has 1 unspecified atom stereocenters. The Morgan fingerprint density at radius 2 is 2.00 bits per heavy atom. The molecule has 0 aliphatic heterocycles. The molecule has 0 bridgehead atoms. The molecule has 1 aliphatic rings. The fourth-order valence-electron chi connectivity index (χ4n) is 2.93. The number of fused-ring (bicyclic) bond motifs is 1. The minimum Gasteiger partial charge on any atom is -0.439 e. The largest absolute Gasteiger partial charge is 0.439 e. The Morgan fingerprint density at radius 1 is 1.24 bits per heavy atom. The van der Waals surface area contributed by atoms with Crippen molar-refractivity contribution in [1.82, 2.24) is 9.97 Å². The molecule has 0 saturated carbocycles. The Morgan fingerprint density at radius 3 is 2.71 bits per heavy atom. The van der Waals surface area contributed by atoms with Crippen molar-refractivity contribution in [3.8, 4) is 11.6 Å². The molecule has 110 valence electrons. The first-order chi connectivity index (χ1) is 10.2. The second-order valence-corrected chi connectivity index (χ2v) is 5.91. The maximum absolute atomic E-state index is 6.06. The van der Waals surface area contributed by atoms with Crippen LogP contribution in [0.15, 0.2) is 24.3 Å². The van der Waals surface area contributed by atoms with Crippen LogP contribution in [0, 0.1) is 6.92 Å². The Kier molecular flexibility index (Phi) is 4.11. The molecule has 1 aromatic heterocycles. The Hall–Kier alpha value is -1.61. The van der Waals surface area contributed by atoms with Gasteiger partial charge in [0.15, 0.2) is 0 Å². The van der Waals surface area contributed by atoms with Crippen molar-refractivity contribution in [3.05, 3.63) is 46.4 Å². The molecule has 4 heteroatoms. The standard InChI is InChI=1S/C17H19ClN2O/c1-3-12-5-4-6-14-15(12)16(20-17(18)19-14)21-13-9-7-11(2)8-10-13/h7-10,12H,3-6H2,1-2H3. The van der Waals surface area contributed by atoms with Crippen LogP contribution in [0.1, 0.15) is 48.9 Å². The predicted molar refractivity (Wildman–Crippen MR) is 84.3 cm³/mol. The van der Waals surface area contributed by atoms with Crippen LogP contribution in [-0.4, -0.2) is 9.97 Å². The lowest BCUT2D eigenvalue weighted by Gasteiger charge is -2.25. The van der Waals surface area contributed by atoms with Gasteiger partial charge in [0.05, 0.1) is 5.69 Å². The van der Waals surface area contributed by atoms with Crippen LogP contribution in [-0.2, 0) is 6.42 Å². The Bertz CT molecular complexity index is 640. The fourth-order valence-corrected chi connectivity index (χ4v) is 3.11. The van der Waals surface area contributed by atoms with Crippen LogP contribution in [0.4, 0.5) is 0 Å². The molecule has 0 fully saturated rings. The summed E-state index contributed by atoms with van der Waals surface area (Å²) in [4.78, 5) is 8.74. The number of halogens is 1. The zero-order valence-electron chi connectivity index (χ0n) is 12.4. The zero-order valence-corrected chi connectivity index (χ0v) is 13.2. The summed E-state index contributed by atoms with van der Waals surface area (Å²) in [5.74, 6) is 1.88. The number of aryl methyl sites for hydroxylation is 2. The molecule has 21 heavy (non-hydrogen) atoms. The van der Waals surface area contributed by atoms with Gasteiger partial charge in [0.1, 0.15) is 5.75 Å². The van der Waals surface area contributed by atoms with Gasteiger partial charge in [0.2, 0.25) is 11.2 Å². The summed E-state index contributed by atoms with van der Waals surface area (Å²) in [6, 6.07) is 7.98. The van der Waals surface area contributed by atoms with Gasteiger partial charge in [-0.3, -0.25) is 0 Å². The maximum Gasteiger partial charge on any atom is 0.227 e. The predicted octanol–water partition coefficient (Wildman–Crippen LogP) is 5.06. The third kappa shape index (κ3) is 3.03. The molecule has 0 saturated heterocycles. The summed E-state index contributed by atoms with van der Waals surface area (Å²) in [5.41, 5.74) is 3.40. The highest BCUT2D eigenvalue weighted by atomic mass is 35.5. The molecule has 1 heterocycles. The zero-order chi connectivity index (χ0) is 14.8. The number of nitrogens with zero attached hydrogens (tertiary/aromatic N) is 2. The molecule has 3 rings (SSSR count). The lowest BCUT2D eigenvalue weighted by Crippen LogP contribution is -2.14. The highest BCUT2D eigenvalue weighted by Crippen LogP contribution is 2.40. The summed E-state index contributed by atoms with van der Waals surface area (Å²) in [6.07, 6.45) is 4.35. The van der Waals surface area contributed by atoms with E-state index in [1.807, 2.05) is 24.3 Å². The van der Waals surface area contributed by atoms with Gasteiger partial charge in [0, 0.05) is 5.56 Å². The molecular formula is C17H19ClN2O. The van der Waals surface area contributed by atoms with E-state index in [0.717, 1.165) is 36.3 Å². The number of benzene rings is 1. The van der Waals surface area contributed by atoms with Gasteiger partial charge in [-0.1, -0.05) is 24.6 Å². The van der Waals surface area contributed by atoms with Crippen molar-refractivity contribution in [2.75, 3.05) is 0 Å². The summed E-state index contributed by atoms with van der Waals surface area (Å²) in [6.45, 7) is 4.25. The van der Waals surface area contributed by atoms with Crippen LogP contribution in [0.25, 0.3) is 0 Å². The van der Waals surface area contributed by atoms with Crippen LogP contribution in [0.2, 0.25) is 5.28 Å². The van der Waals surface area contributed by atoms with Gasteiger partial charge in [-0.25, -0.2) is 4.98 Å². The van der Waals surface area contributed by atoms with Crippen molar-refractivity contribution >= 4 is 11.6 Å². The van der Waals surface area contributed by atoms with Crippen molar-refractivity contribution in [3.63, 3.8) is 0 Å². The van der Waals surface area contributed by atoms with E-state index in [1.54, 1.807) is 0 Å². The SMILES string of the molecule is CCC1CCCc2nc(Cl)nc(Oc3ccc(C)cc3)c21. The van der Waals surface area contributed by atoms with E-state index >= 15 is 0 Å². The summed E-state index contributed by atoms with van der Waals surface area (Å²) in [7, 11) is 0. The first kappa shape index (κ1) is 14.3. The van der Waals surface area contributed by atoms with E-state index in [-0.39, 0.29) is 5.28 Å². The number of hydrogen-bond donors (Lipinski definition) is 0. The van der Waals surface area contributed by atoms with Crippen LogP contribution >= 0.6 is 11.6 Å². The minimum atomic E-state index is 0.271. The highest BCUT2D eigenvalue weighted by Gasteiger charge is 2.26. The van der Waals surface area contributed by atoms with Crippen LogP contribution in [0.5, 0.6) is 11.6 Å². The second kappa shape index (κ2) is 6.02. The van der Waals surface area contributed by atoms with Crippen molar-refractivity contribution in [2.45, 2.75) is 45.4 Å². The van der Waals surface area contributed by atoms with E-state index in [4.69, 9.17) is 16.3 Å². The quantitative estimate of drug-likeness (QED) is 0.743. The third-order valence-electron chi connectivity index (χ3n) is 4.07. The Balaban J connectivity index is 2.01. The van der Waals surface area contributed by atoms with Gasteiger partial charge in [-0.05, 0) is 62.3 Å². The van der Waals surface area contributed by atoms with Gasteiger partial charge < -0.3 is 4.74 Å². The smallest absolute Gasteiger partial charge is 0.227 e. The first-order valence-electron chi connectivity index (χ1n) is 7.48. The van der Waals surface area contributed by atoms with E-state index in [2.05, 4.69) is 23.8 Å². The van der Waals surface area contributed by atoms with E-state index in [0.29, 0.717) is 11.8 Å². The third-order valence-corrected chi connectivity index (χ3v) is 4.23. The highest BCUT2D eigenvalue weighted by molar-refractivity contribution is 6.28. The minimum absolute atomic E-state index is 0.271. The normalized spacial score (nSPS) is 17.4. The molecule has 0 N–H and O–H groups in total. The fraction of sp³-hybridized carbons (Fsp3) is 0.412. The van der Waals surface area contributed by atoms with Gasteiger partial charge in [0.25, 0.3) is 0 Å². The van der Waals surface area contributed by atoms with Crippen molar-refractivity contribution in [1.29, 1.82) is 0 Å².